The van der Waals surface area contributed by atoms with Crippen LogP contribution in [0, 0.1) is 5.41 Å². The number of nitrogens with one attached hydrogen (secondary N) is 1. The van der Waals surface area contributed by atoms with E-state index in [1.165, 1.54) is 0 Å². The second-order valence-corrected chi connectivity index (χ2v) is 6.03. The number of hydrogen-bond donors (Lipinski definition) is 1. The smallest absolute Gasteiger partial charge is 0.262 e. The van der Waals surface area contributed by atoms with Crippen molar-refractivity contribution in [2.45, 2.75) is 46.7 Å². The van der Waals surface area contributed by atoms with Crippen LogP contribution in [0.15, 0.2) is 6.20 Å². The van der Waals surface area contributed by atoms with Crippen LogP contribution >= 0.6 is 12.2 Å². The van der Waals surface area contributed by atoms with E-state index in [1.54, 1.807) is 0 Å². The summed E-state index contributed by atoms with van der Waals surface area (Å²) in [5.41, 5.74) is 1.08. The molecule has 2 unspecified atom stereocenters. The van der Waals surface area contributed by atoms with Gasteiger partial charge in [0.1, 0.15) is 5.69 Å². The number of fused-ring (bicyclic) bond motifs is 1. The van der Waals surface area contributed by atoms with Gasteiger partial charge in [0.25, 0.3) is 5.17 Å². The van der Waals surface area contributed by atoms with E-state index >= 15 is 0 Å². The molecule has 0 bridgehead atoms. The molecule has 4 nitrogen and oxygen atoms in total. The van der Waals surface area contributed by atoms with Gasteiger partial charge in [0.05, 0.1) is 18.3 Å². The number of aromatic nitrogens is 2. The maximum absolute atomic E-state index is 5.48. The van der Waals surface area contributed by atoms with Crippen molar-refractivity contribution in [1.29, 1.82) is 0 Å². The van der Waals surface area contributed by atoms with Crippen LogP contribution in [0.2, 0.25) is 0 Å². The van der Waals surface area contributed by atoms with Gasteiger partial charge in [0.2, 0.25) is 0 Å². The minimum absolute atomic E-state index is 0.111. The Morgan fingerprint density at radius 3 is 2.76 bits per heavy atom. The quantitative estimate of drug-likeness (QED) is 0.781. The van der Waals surface area contributed by atoms with Crippen LogP contribution in [0.1, 0.15) is 52.4 Å². The van der Waals surface area contributed by atoms with Gasteiger partial charge in [0, 0.05) is 0 Å². The molecule has 1 aromatic heterocycles. The van der Waals surface area contributed by atoms with Gasteiger partial charge >= 0.3 is 0 Å². The number of thiocarbonyl (C=S) groups is 1. The molecule has 17 heavy (non-hydrogen) atoms. The second-order valence-electron chi connectivity index (χ2n) is 5.66. The largest absolute Gasteiger partial charge is 0.428 e. The van der Waals surface area contributed by atoms with E-state index in [-0.39, 0.29) is 11.5 Å². The molecule has 0 radical (unpaired) electrons. The summed E-state index contributed by atoms with van der Waals surface area (Å²) in [4.78, 5) is 0. The fraction of sp³-hybridized carbons (Fsp3) is 0.667. The Morgan fingerprint density at radius 1 is 1.53 bits per heavy atom. The molecule has 1 N–H and O–H groups in total. The number of hydrogen-bond acceptors (Lipinski definition) is 3. The summed E-state index contributed by atoms with van der Waals surface area (Å²) in [6.07, 6.45) is 1.94. The van der Waals surface area contributed by atoms with Crippen LogP contribution in [-0.2, 0) is 0 Å². The highest BCUT2D eigenvalue weighted by Gasteiger charge is 2.28. The highest BCUT2D eigenvalue weighted by Crippen LogP contribution is 2.34. The molecule has 2 rings (SSSR count). The molecule has 0 saturated carbocycles. The van der Waals surface area contributed by atoms with E-state index in [1.807, 2.05) is 17.8 Å². The molecular formula is C12H19N3OS. The maximum atomic E-state index is 5.48. The third-order valence-electron chi connectivity index (χ3n) is 3.32. The predicted octanol–water partition coefficient (Wildman–Crippen LogP) is 2.82. The average molecular weight is 253 g/mol. The monoisotopic (exact) mass is 253 g/mol. The highest BCUT2D eigenvalue weighted by atomic mass is 32.1. The SMILES string of the molecule is CC1NC(=S)Oc2cn(C(C)C(C)(C)C)nc21. The van der Waals surface area contributed by atoms with E-state index in [4.69, 9.17) is 17.0 Å². The molecule has 2 atom stereocenters. The van der Waals surface area contributed by atoms with Crippen LogP contribution in [0.25, 0.3) is 0 Å². The molecule has 0 aromatic carbocycles. The van der Waals surface area contributed by atoms with Gasteiger partial charge in [0.15, 0.2) is 5.75 Å². The molecule has 5 heteroatoms. The van der Waals surface area contributed by atoms with Crippen molar-refractivity contribution in [3.63, 3.8) is 0 Å². The highest BCUT2D eigenvalue weighted by molar-refractivity contribution is 7.80. The second kappa shape index (κ2) is 3.98. The number of rotatable bonds is 1. The van der Waals surface area contributed by atoms with Gasteiger partial charge in [-0.3, -0.25) is 4.68 Å². The molecule has 94 valence electrons. The summed E-state index contributed by atoms with van der Waals surface area (Å²) in [6.45, 7) is 10.8. The fourth-order valence-corrected chi connectivity index (χ4v) is 2.00. The van der Waals surface area contributed by atoms with E-state index in [9.17, 15) is 0 Å². The lowest BCUT2D eigenvalue weighted by Gasteiger charge is -2.27. The molecule has 1 aliphatic heterocycles. The first-order valence-electron chi connectivity index (χ1n) is 5.86. The zero-order valence-corrected chi connectivity index (χ0v) is 11.8. The van der Waals surface area contributed by atoms with Crippen LogP contribution in [0.5, 0.6) is 5.75 Å². The first kappa shape index (κ1) is 12.4. The van der Waals surface area contributed by atoms with Gasteiger partial charge < -0.3 is 10.1 Å². The third-order valence-corrected chi connectivity index (χ3v) is 3.52. The first-order chi connectivity index (χ1) is 7.79. The fourth-order valence-electron chi connectivity index (χ4n) is 1.74. The minimum Gasteiger partial charge on any atom is -0.428 e. The summed E-state index contributed by atoms with van der Waals surface area (Å²) < 4.78 is 7.45. The lowest BCUT2D eigenvalue weighted by atomic mass is 9.88. The van der Waals surface area contributed by atoms with Gasteiger partial charge in [-0.2, -0.15) is 5.10 Å². The van der Waals surface area contributed by atoms with Crippen molar-refractivity contribution in [2.75, 3.05) is 0 Å². The first-order valence-corrected chi connectivity index (χ1v) is 6.27. The Bertz CT molecular complexity index is 447. The summed E-state index contributed by atoms with van der Waals surface area (Å²) in [7, 11) is 0. The van der Waals surface area contributed by atoms with Gasteiger partial charge in [-0.15, -0.1) is 0 Å². The Morgan fingerprint density at radius 2 is 2.18 bits per heavy atom. The van der Waals surface area contributed by atoms with Crippen molar-refractivity contribution in [3.05, 3.63) is 11.9 Å². The van der Waals surface area contributed by atoms with E-state index in [0.717, 1.165) is 11.4 Å². The van der Waals surface area contributed by atoms with E-state index < -0.39 is 0 Å². The van der Waals surface area contributed by atoms with Crippen molar-refractivity contribution in [2.24, 2.45) is 5.41 Å². The van der Waals surface area contributed by atoms with E-state index in [0.29, 0.717) is 11.2 Å². The summed E-state index contributed by atoms with van der Waals surface area (Å²) in [5.74, 6) is 0.775. The van der Waals surface area contributed by atoms with Crippen LogP contribution < -0.4 is 10.1 Å². The number of ether oxygens (including phenoxy) is 1. The summed E-state index contributed by atoms with van der Waals surface area (Å²) in [5, 5.41) is 8.09. The molecule has 1 aliphatic rings. The molecule has 0 fully saturated rings. The Labute approximate surface area is 107 Å². The molecule has 1 aromatic rings. The normalized spacial score (nSPS) is 21.5. The molecule has 0 saturated heterocycles. The Balaban J connectivity index is 2.35. The zero-order chi connectivity index (χ0) is 12.8. The molecule has 0 amide bonds. The lowest BCUT2D eigenvalue weighted by molar-refractivity contribution is 0.243. The average Bonchev–Trinajstić information content (AvgIpc) is 2.58. The third kappa shape index (κ3) is 2.29. The lowest BCUT2D eigenvalue weighted by Crippen LogP contribution is -2.34. The minimum atomic E-state index is 0.111. The van der Waals surface area contributed by atoms with Crippen molar-refractivity contribution >= 4 is 17.4 Å². The van der Waals surface area contributed by atoms with Gasteiger partial charge in [-0.1, -0.05) is 20.8 Å². The van der Waals surface area contributed by atoms with Crippen molar-refractivity contribution in [3.8, 4) is 5.75 Å². The van der Waals surface area contributed by atoms with Crippen molar-refractivity contribution in [1.82, 2.24) is 15.1 Å². The van der Waals surface area contributed by atoms with Crippen LogP contribution in [-0.4, -0.2) is 15.0 Å². The standard InChI is InChI=1S/C12H19N3OS/c1-7-10-9(16-11(17)13-7)6-15(14-10)8(2)12(3,4)5/h6-8H,1-5H3,(H,13,17). The number of nitrogens with zero attached hydrogens (tertiary/aromatic N) is 2. The van der Waals surface area contributed by atoms with E-state index in [2.05, 4.69) is 38.1 Å². The molecule has 2 heterocycles. The van der Waals surface area contributed by atoms with Gasteiger partial charge in [-0.05, 0) is 31.5 Å². The predicted molar refractivity (Wildman–Crippen MR) is 71.2 cm³/mol. The maximum Gasteiger partial charge on any atom is 0.262 e. The summed E-state index contributed by atoms with van der Waals surface area (Å²) in [6, 6.07) is 0.414. The molecule has 0 aliphatic carbocycles. The van der Waals surface area contributed by atoms with Crippen LogP contribution in [0.4, 0.5) is 0 Å². The molecule has 0 spiro atoms. The Kier molecular flexibility index (Phi) is 2.89. The molecular weight excluding hydrogens is 234 g/mol. The van der Waals surface area contributed by atoms with Gasteiger partial charge in [-0.25, -0.2) is 0 Å². The zero-order valence-electron chi connectivity index (χ0n) is 10.9. The van der Waals surface area contributed by atoms with Crippen LogP contribution in [0.3, 0.4) is 0 Å². The Hall–Kier alpha value is -1.10. The topological polar surface area (TPSA) is 39.1 Å². The summed E-state index contributed by atoms with van der Waals surface area (Å²) >= 11 is 5.04. The van der Waals surface area contributed by atoms with Crippen molar-refractivity contribution < 1.29 is 4.74 Å².